The normalized spacial score (nSPS) is 19.1. The fraction of sp³-hybridized carbons (Fsp3) is 0.533. The minimum absolute atomic E-state index is 0.00688. The number of nitrogens with one attached hydrogen (secondary N) is 1. The van der Waals surface area contributed by atoms with Crippen LogP contribution >= 0.6 is 0 Å². The first kappa shape index (κ1) is 16.2. The van der Waals surface area contributed by atoms with E-state index in [4.69, 9.17) is 0 Å². The molecule has 1 saturated heterocycles. The Labute approximate surface area is 137 Å². The number of carbonyl (C=O) groups is 2. The molecule has 9 nitrogen and oxygen atoms in total. The van der Waals surface area contributed by atoms with Crippen molar-refractivity contribution in [2.75, 3.05) is 6.54 Å². The van der Waals surface area contributed by atoms with E-state index in [0.29, 0.717) is 12.8 Å². The molecule has 2 aliphatic rings. The molecule has 2 heterocycles. The van der Waals surface area contributed by atoms with E-state index < -0.39 is 16.5 Å². The molecule has 1 saturated carbocycles. The van der Waals surface area contributed by atoms with Crippen molar-refractivity contribution in [3.63, 3.8) is 0 Å². The van der Waals surface area contributed by atoms with Crippen LogP contribution in [0, 0.1) is 17.0 Å². The number of hydrogen-bond donors (Lipinski definition) is 1. The van der Waals surface area contributed by atoms with Gasteiger partial charge in [-0.3, -0.25) is 24.6 Å². The Hall–Kier alpha value is -2.71. The lowest BCUT2D eigenvalue weighted by Gasteiger charge is -2.20. The molecule has 0 unspecified atom stereocenters. The van der Waals surface area contributed by atoms with Crippen LogP contribution in [0.3, 0.4) is 0 Å². The van der Waals surface area contributed by atoms with Gasteiger partial charge in [0.1, 0.15) is 5.54 Å². The number of carbonyl (C=O) groups excluding carboxylic acids is 2. The first-order chi connectivity index (χ1) is 11.3. The van der Waals surface area contributed by atoms with Crippen molar-refractivity contribution in [3.05, 3.63) is 38.3 Å². The van der Waals surface area contributed by atoms with Crippen LogP contribution in [-0.2, 0) is 11.3 Å². The Morgan fingerprint density at radius 1 is 1.25 bits per heavy atom. The number of hydrogen-bond acceptors (Lipinski definition) is 5. The van der Waals surface area contributed by atoms with Gasteiger partial charge in [-0.05, 0) is 19.8 Å². The summed E-state index contributed by atoms with van der Waals surface area (Å²) in [6.07, 6.45) is 4.18. The third-order valence-electron chi connectivity index (χ3n) is 4.73. The van der Waals surface area contributed by atoms with Gasteiger partial charge in [-0.15, -0.1) is 0 Å². The largest absolute Gasteiger partial charge is 0.325 e. The molecule has 2 fully saturated rings. The maximum Gasteiger partial charge on any atom is 0.325 e. The van der Waals surface area contributed by atoms with Crippen molar-refractivity contribution in [1.29, 1.82) is 0 Å². The molecule has 1 aliphatic heterocycles. The Kier molecular flexibility index (Phi) is 3.86. The SMILES string of the molecule is Cc1cc([N+](=O)[O-])cn(CCN2C(=O)NC3(CCCC3)C2=O)c1=O. The monoisotopic (exact) mass is 334 g/mol. The number of nitrogens with zero attached hydrogens (tertiary/aromatic N) is 3. The minimum atomic E-state index is -0.791. The topological polar surface area (TPSA) is 115 Å². The summed E-state index contributed by atoms with van der Waals surface area (Å²) in [6.45, 7) is 1.52. The molecular formula is C15H18N4O5. The minimum Gasteiger partial charge on any atom is -0.323 e. The van der Waals surface area contributed by atoms with E-state index in [2.05, 4.69) is 5.32 Å². The van der Waals surface area contributed by atoms with Gasteiger partial charge >= 0.3 is 6.03 Å². The van der Waals surface area contributed by atoms with Crippen molar-refractivity contribution in [1.82, 2.24) is 14.8 Å². The van der Waals surface area contributed by atoms with Crippen LogP contribution in [0.2, 0.25) is 0 Å². The third-order valence-corrected chi connectivity index (χ3v) is 4.73. The molecule has 128 valence electrons. The summed E-state index contributed by atoms with van der Waals surface area (Å²) in [6, 6.07) is 0.747. The number of imide groups is 1. The van der Waals surface area contributed by atoms with Gasteiger partial charge in [0.15, 0.2) is 0 Å². The summed E-state index contributed by atoms with van der Waals surface area (Å²) in [5, 5.41) is 13.7. The van der Waals surface area contributed by atoms with Gasteiger partial charge in [-0.2, -0.15) is 0 Å². The fourth-order valence-electron chi connectivity index (χ4n) is 3.44. The number of aromatic nitrogens is 1. The summed E-state index contributed by atoms with van der Waals surface area (Å²) in [4.78, 5) is 48.2. The number of amides is 3. The van der Waals surface area contributed by atoms with E-state index in [0.717, 1.165) is 23.9 Å². The average Bonchev–Trinajstić information content (AvgIpc) is 3.08. The summed E-state index contributed by atoms with van der Waals surface area (Å²) < 4.78 is 1.17. The van der Waals surface area contributed by atoms with Gasteiger partial charge < -0.3 is 9.88 Å². The van der Waals surface area contributed by atoms with Crippen LogP contribution in [-0.4, -0.2) is 38.4 Å². The second-order valence-electron chi connectivity index (χ2n) is 6.31. The molecule has 3 rings (SSSR count). The van der Waals surface area contributed by atoms with Crippen LogP contribution in [0.25, 0.3) is 0 Å². The zero-order valence-electron chi connectivity index (χ0n) is 13.3. The smallest absolute Gasteiger partial charge is 0.323 e. The van der Waals surface area contributed by atoms with Gasteiger partial charge in [0.05, 0.1) is 11.1 Å². The van der Waals surface area contributed by atoms with E-state index in [1.165, 1.54) is 17.6 Å². The number of rotatable bonds is 4. The number of pyridine rings is 1. The van der Waals surface area contributed by atoms with Crippen LogP contribution in [0.4, 0.5) is 10.5 Å². The zero-order chi connectivity index (χ0) is 17.5. The van der Waals surface area contributed by atoms with Crippen LogP contribution < -0.4 is 10.9 Å². The highest BCUT2D eigenvalue weighted by atomic mass is 16.6. The molecule has 24 heavy (non-hydrogen) atoms. The van der Waals surface area contributed by atoms with Gasteiger partial charge in [-0.1, -0.05) is 12.8 Å². The van der Waals surface area contributed by atoms with E-state index in [9.17, 15) is 24.5 Å². The van der Waals surface area contributed by atoms with Crippen LogP contribution in [0.15, 0.2) is 17.1 Å². The summed E-state index contributed by atoms with van der Waals surface area (Å²) in [5.74, 6) is -0.264. The lowest BCUT2D eigenvalue weighted by atomic mass is 9.98. The second-order valence-corrected chi connectivity index (χ2v) is 6.31. The molecule has 1 aromatic rings. The van der Waals surface area contributed by atoms with Gasteiger partial charge in [0.2, 0.25) is 0 Å². The third kappa shape index (κ3) is 2.55. The highest BCUT2D eigenvalue weighted by Crippen LogP contribution is 2.34. The maximum atomic E-state index is 12.5. The quantitative estimate of drug-likeness (QED) is 0.500. The summed E-state index contributed by atoms with van der Waals surface area (Å²) >= 11 is 0. The molecule has 9 heteroatoms. The van der Waals surface area contributed by atoms with Crippen molar-refractivity contribution >= 4 is 17.6 Å². The molecule has 0 radical (unpaired) electrons. The lowest BCUT2D eigenvalue weighted by molar-refractivity contribution is -0.385. The first-order valence-corrected chi connectivity index (χ1v) is 7.84. The molecule has 1 aromatic heterocycles. The van der Waals surface area contributed by atoms with E-state index >= 15 is 0 Å². The number of urea groups is 1. The summed E-state index contributed by atoms with van der Waals surface area (Å²) in [7, 11) is 0. The molecule has 0 atom stereocenters. The first-order valence-electron chi connectivity index (χ1n) is 7.84. The van der Waals surface area contributed by atoms with Crippen LogP contribution in [0.5, 0.6) is 0 Å². The molecule has 0 bridgehead atoms. The van der Waals surface area contributed by atoms with Crippen molar-refractivity contribution < 1.29 is 14.5 Å². The Morgan fingerprint density at radius 3 is 2.54 bits per heavy atom. The summed E-state index contributed by atoms with van der Waals surface area (Å²) in [5.41, 5.74) is -1.12. The highest BCUT2D eigenvalue weighted by Gasteiger charge is 2.52. The van der Waals surface area contributed by atoms with E-state index in [-0.39, 0.29) is 35.8 Å². The van der Waals surface area contributed by atoms with Gasteiger partial charge in [-0.25, -0.2) is 4.79 Å². The van der Waals surface area contributed by atoms with Crippen molar-refractivity contribution in [2.24, 2.45) is 0 Å². The highest BCUT2D eigenvalue weighted by molar-refractivity contribution is 6.07. The number of aryl methyl sites for hydroxylation is 1. The molecule has 1 N–H and O–H groups in total. The molecule has 1 aliphatic carbocycles. The molecule has 3 amide bonds. The van der Waals surface area contributed by atoms with Crippen molar-refractivity contribution in [2.45, 2.75) is 44.7 Å². The molecular weight excluding hydrogens is 316 g/mol. The predicted molar refractivity (Wildman–Crippen MR) is 83.5 cm³/mol. The second kappa shape index (κ2) is 5.73. The van der Waals surface area contributed by atoms with E-state index in [1.807, 2.05) is 0 Å². The Balaban J connectivity index is 1.79. The van der Waals surface area contributed by atoms with Crippen LogP contribution in [0.1, 0.15) is 31.2 Å². The fourth-order valence-corrected chi connectivity index (χ4v) is 3.44. The Bertz CT molecular complexity index is 779. The standard InChI is InChI=1S/C15H18N4O5/c1-10-8-11(19(23)24)9-17(12(10)20)6-7-18-13(21)15(16-14(18)22)4-2-3-5-15/h8-9H,2-7H2,1H3,(H,16,22). The van der Waals surface area contributed by atoms with Gasteiger partial charge in [0, 0.05) is 24.7 Å². The lowest BCUT2D eigenvalue weighted by Crippen LogP contribution is -2.44. The zero-order valence-corrected chi connectivity index (χ0v) is 13.3. The van der Waals surface area contributed by atoms with E-state index in [1.54, 1.807) is 0 Å². The maximum absolute atomic E-state index is 12.5. The molecule has 0 aromatic carbocycles. The van der Waals surface area contributed by atoms with Crippen molar-refractivity contribution in [3.8, 4) is 0 Å². The number of nitro groups is 1. The van der Waals surface area contributed by atoms with Gasteiger partial charge in [0.25, 0.3) is 17.2 Å². The predicted octanol–water partition coefficient (Wildman–Crippen LogP) is 0.930. The Morgan fingerprint density at radius 2 is 1.92 bits per heavy atom. The average molecular weight is 334 g/mol. The molecule has 1 spiro atoms.